The van der Waals surface area contributed by atoms with E-state index in [0.29, 0.717) is 6.54 Å². The average Bonchev–Trinajstić information content (AvgIpc) is 3.21. The van der Waals surface area contributed by atoms with Crippen molar-refractivity contribution in [3.8, 4) is 5.75 Å². The van der Waals surface area contributed by atoms with Gasteiger partial charge >= 0.3 is 7.75 Å². The molecule has 26 heavy (non-hydrogen) atoms. The van der Waals surface area contributed by atoms with Gasteiger partial charge in [-0.3, -0.25) is 9.05 Å². The third kappa shape index (κ3) is 4.00. The lowest BCUT2D eigenvalue weighted by atomic mass is 10.1. The molecule has 0 aliphatic rings. The highest BCUT2D eigenvalue weighted by Gasteiger charge is 2.31. The van der Waals surface area contributed by atoms with Gasteiger partial charge in [-0.15, -0.1) is 11.3 Å². The third-order valence-corrected chi connectivity index (χ3v) is 7.08. The molecule has 2 aromatic carbocycles. The van der Waals surface area contributed by atoms with Crippen LogP contribution in [0.5, 0.6) is 5.75 Å². The van der Waals surface area contributed by atoms with Crippen LogP contribution in [0.3, 0.4) is 0 Å². The van der Waals surface area contributed by atoms with E-state index in [2.05, 4.69) is 12.1 Å². The maximum Gasteiger partial charge on any atom is 0.407 e. The SMILES string of the molecule is COP(=O)(OC)N(C)CC(Oc1cccc2ccccc12)c1cccs1. The monoisotopic (exact) mass is 391 g/mol. The summed E-state index contributed by atoms with van der Waals surface area (Å²) in [6.07, 6.45) is -0.301. The Bertz CT molecular complexity index is 886. The molecule has 0 amide bonds. The molecule has 1 heterocycles. The normalized spacial score (nSPS) is 13.2. The quantitative estimate of drug-likeness (QED) is 0.484. The summed E-state index contributed by atoms with van der Waals surface area (Å²) in [7, 11) is 1.15. The molecule has 138 valence electrons. The van der Waals surface area contributed by atoms with E-state index in [9.17, 15) is 4.57 Å². The fourth-order valence-corrected chi connectivity index (χ4v) is 4.61. The van der Waals surface area contributed by atoms with Crippen LogP contribution in [0.2, 0.25) is 0 Å². The van der Waals surface area contributed by atoms with Crippen LogP contribution in [0.1, 0.15) is 11.0 Å². The zero-order valence-corrected chi connectivity index (χ0v) is 16.7. The van der Waals surface area contributed by atoms with Gasteiger partial charge in [-0.05, 0) is 29.9 Å². The van der Waals surface area contributed by atoms with Gasteiger partial charge in [0, 0.05) is 24.5 Å². The highest BCUT2D eigenvalue weighted by molar-refractivity contribution is 7.51. The van der Waals surface area contributed by atoms with Crippen molar-refractivity contribution in [2.45, 2.75) is 6.10 Å². The van der Waals surface area contributed by atoms with E-state index in [1.807, 2.05) is 47.8 Å². The van der Waals surface area contributed by atoms with Crippen LogP contribution in [-0.4, -0.2) is 32.5 Å². The molecule has 0 aliphatic heterocycles. The van der Waals surface area contributed by atoms with Gasteiger partial charge in [-0.25, -0.2) is 9.24 Å². The van der Waals surface area contributed by atoms with Crippen LogP contribution in [-0.2, 0) is 13.6 Å². The number of nitrogens with zero attached hydrogens (tertiary/aromatic N) is 1. The molecule has 0 saturated carbocycles. The van der Waals surface area contributed by atoms with Crippen molar-refractivity contribution >= 4 is 29.9 Å². The van der Waals surface area contributed by atoms with E-state index in [-0.39, 0.29) is 6.10 Å². The van der Waals surface area contributed by atoms with Crippen molar-refractivity contribution < 1.29 is 18.3 Å². The minimum absolute atomic E-state index is 0.301. The summed E-state index contributed by atoms with van der Waals surface area (Å²) in [5.74, 6) is 0.791. The van der Waals surface area contributed by atoms with Gasteiger partial charge in [0.25, 0.3) is 0 Å². The van der Waals surface area contributed by atoms with Gasteiger partial charge < -0.3 is 4.74 Å². The lowest BCUT2D eigenvalue weighted by Gasteiger charge is -2.28. The Morgan fingerprint density at radius 1 is 1.04 bits per heavy atom. The molecule has 0 aliphatic carbocycles. The number of fused-ring (bicyclic) bond motifs is 1. The minimum Gasteiger partial charge on any atom is -0.483 e. The molecule has 1 atom stereocenters. The van der Waals surface area contributed by atoms with Crippen LogP contribution in [0.4, 0.5) is 0 Å². The van der Waals surface area contributed by atoms with E-state index >= 15 is 0 Å². The molecule has 7 heteroatoms. The second-order valence-corrected chi connectivity index (χ2v) is 9.10. The Kier molecular flexibility index (Phi) is 6.12. The molecule has 0 radical (unpaired) electrons. The predicted molar refractivity (Wildman–Crippen MR) is 106 cm³/mol. The second kappa shape index (κ2) is 8.33. The molecule has 3 aromatic rings. The second-order valence-electron chi connectivity index (χ2n) is 5.77. The summed E-state index contributed by atoms with van der Waals surface area (Å²) >= 11 is 1.60. The van der Waals surface area contributed by atoms with Gasteiger partial charge in [-0.2, -0.15) is 0 Å². The van der Waals surface area contributed by atoms with Crippen LogP contribution in [0.25, 0.3) is 10.8 Å². The minimum atomic E-state index is -3.32. The Balaban J connectivity index is 1.91. The van der Waals surface area contributed by atoms with Crippen molar-refractivity contribution in [1.82, 2.24) is 4.67 Å². The summed E-state index contributed by atoms with van der Waals surface area (Å²) in [6, 6.07) is 18.1. The number of likely N-dealkylation sites (N-methyl/N-ethyl adjacent to an activating group) is 1. The standard InChI is InChI=1S/C19H22NO4PS/c1-20(25(21,22-2)23-3)14-18(19-12-7-13-26-19)24-17-11-6-9-15-8-4-5-10-16(15)17/h4-13,18H,14H2,1-3H3. The van der Waals surface area contributed by atoms with E-state index in [1.165, 1.54) is 14.2 Å². The fourth-order valence-electron chi connectivity index (χ4n) is 2.80. The Labute approximate surface area is 157 Å². The highest BCUT2D eigenvalue weighted by Crippen LogP contribution is 2.50. The average molecular weight is 391 g/mol. The molecule has 0 spiro atoms. The first-order valence-corrected chi connectivity index (χ1v) is 10.6. The molecule has 5 nitrogen and oxygen atoms in total. The van der Waals surface area contributed by atoms with E-state index in [1.54, 1.807) is 23.1 Å². The van der Waals surface area contributed by atoms with Gasteiger partial charge in [0.2, 0.25) is 0 Å². The molecular formula is C19H22NO4PS. The summed E-state index contributed by atoms with van der Waals surface area (Å²) in [6.45, 7) is 0.364. The van der Waals surface area contributed by atoms with Crippen LogP contribution in [0.15, 0.2) is 60.0 Å². The smallest absolute Gasteiger partial charge is 0.407 e. The van der Waals surface area contributed by atoms with Gasteiger partial charge in [-0.1, -0.05) is 42.5 Å². The summed E-state index contributed by atoms with van der Waals surface area (Å²) in [5.41, 5.74) is 0. The molecule has 3 rings (SSSR count). The maximum absolute atomic E-state index is 12.6. The lowest BCUT2D eigenvalue weighted by Crippen LogP contribution is -2.26. The van der Waals surface area contributed by atoms with E-state index in [4.69, 9.17) is 13.8 Å². The first kappa shape index (κ1) is 19.1. The number of thiophene rings is 1. The fraction of sp³-hybridized carbons (Fsp3) is 0.263. The molecule has 0 bridgehead atoms. The zero-order valence-electron chi connectivity index (χ0n) is 15.0. The predicted octanol–water partition coefficient (Wildman–Crippen LogP) is 5.35. The Morgan fingerprint density at radius 3 is 2.46 bits per heavy atom. The van der Waals surface area contributed by atoms with Gasteiger partial charge in [0.15, 0.2) is 0 Å². The highest BCUT2D eigenvalue weighted by atomic mass is 32.1. The van der Waals surface area contributed by atoms with Crippen LogP contribution in [0, 0.1) is 0 Å². The Hall–Kier alpha value is -1.69. The first-order chi connectivity index (χ1) is 12.6. The number of hydrogen-bond donors (Lipinski definition) is 0. The van der Waals surface area contributed by atoms with Crippen LogP contribution < -0.4 is 4.74 Å². The molecule has 0 saturated heterocycles. The van der Waals surface area contributed by atoms with Crippen molar-refractivity contribution in [3.63, 3.8) is 0 Å². The van der Waals surface area contributed by atoms with Gasteiger partial charge in [0.05, 0.1) is 6.54 Å². The first-order valence-electron chi connectivity index (χ1n) is 8.18. The van der Waals surface area contributed by atoms with Crippen LogP contribution >= 0.6 is 19.1 Å². The Morgan fingerprint density at radius 2 is 1.77 bits per heavy atom. The zero-order chi connectivity index (χ0) is 18.6. The topological polar surface area (TPSA) is 48.0 Å². The van der Waals surface area contributed by atoms with E-state index < -0.39 is 7.75 Å². The molecule has 0 fully saturated rings. The van der Waals surface area contributed by atoms with E-state index in [0.717, 1.165) is 21.4 Å². The molecule has 1 unspecified atom stereocenters. The number of ether oxygens (including phenoxy) is 1. The van der Waals surface area contributed by atoms with Crippen molar-refractivity contribution in [2.75, 3.05) is 27.8 Å². The summed E-state index contributed by atoms with van der Waals surface area (Å²) < 4.78 is 30.8. The summed E-state index contributed by atoms with van der Waals surface area (Å²) in [4.78, 5) is 1.04. The van der Waals surface area contributed by atoms with Gasteiger partial charge in [0.1, 0.15) is 11.9 Å². The van der Waals surface area contributed by atoms with Crippen molar-refractivity contribution in [2.24, 2.45) is 0 Å². The number of rotatable bonds is 8. The van der Waals surface area contributed by atoms with Crippen molar-refractivity contribution in [1.29, 1.82) is 0 Å². The molecular weight excluding hydrogens is 369 g/mol. The largest absolute Gasteiger partial charge is 0.483 e. The maximum atomic E-state index is 12.6. The lowest BCUT2D eigenvalue weighted by molar-refractivity contribution is 0.156. The molecule has 0 N–H and O–H groups in total. The number of benzene rings is 2. The van der Waals surface area contributed by atoms with Crippen molar-refractivity contribution in [3.05, 3.63) is 64.9 Å². The number of hydrogen-bond acceptors (Lipinski definition) is 5. The third-order valence-electron chi connectivity index (χ3n) is 4.19. The summed E-state index contributed by atoms with van der Waals surface area (Å²) in [5, 5.41) is 4.16. The molecule has 1 aromatic heterocycles.